The highest BCUT2D eigenvalue weighted by Crippen LogP contribution is 2.13. The van der Waals surface area contributed by atoms with E-state index in [4.69, 9.17) is 21.8 Å². The Morgan fingerprint density at radius 2 is 1.64 bits per heavy atom. The molecule has 1 aromatic rings. The van der Waals surface area contributed by atoms with Crippen molar-refractivity contribution in [3.63, 3.8) is 0 Å². The van der Waals surface area contributed by atoms with E-state index in [0.717, 1.165) is 17.9 Å². The largest absolute Gasteiger partial charge is 0.396 e. The van der Waals surface area contributed by atoms with Crippen LogP contribution in [0, 0.1) is 5.92 Å². The zero-order valence-corrected chi connectivity index (χ0v) is 8.74. The van der Waals surface area contributed by atoms with Gasteiger partial charge in [-0.3, -0.25) is 0 Å². The minimum atomic E-state index is -0.00863. The molecule has 1 aromatic carbocycles. The van der Waals surface area contributed by atoms with Crippen molar-refractivity contribution in [3.8, 4) is 0 Å². The molecule has 0 atom stereocenters. The fraction of sp³-hybridized carbons (Fsp3) is 0.455. The van der Waals surface area contributed by atoms with Crippen LogP contribution in [0.5, 0.6) is 0 Å². The Balaban J connectivity index is 2.41. The Morgan fingerprint density at radius 3 is 2.14 bits per heavy atom. The lowest BCUT2D eigenvalue weighted by atomic mass is 10.0. The van der Waals surface area contributed by atoms with E-state index in [1.54, 1.807) is 0 Å². The molecular weight excluding hydrogens is 200 g/mol. The number of halogens is 1. The molecule has 0 aliphatic rings. The quantitative estimate of drug-likeness (QED) is 0.786. The van der Waals surface area contributed by atoms with Crippen molar-refractivity contribution in [1.29, 1.82) is 0 Å². The first-order chi connectivity index (χ1) is 6.76. The third-order valence-corrected chi connectivity index (χ3v) is 2.52. The minimum Gasteiger partial charge on any atom is -0.396 e. The molecule has 2 N–H and O–H groups in total. The summed E-state index contributed by atoms with van der Waals surface area (Å²) in [4.78, 5) is 0. The van der Waals surface area contributed by atoms with Gasteiger partial charge < -0.3 is 10.2 Å². The topological polar surface area (TPSA) is 40.5 Å². The molecule has 0 spiro atoms. The number of rotatable bonds is 5. The van der Waals surface area contributed by atoms with Gasteiger partial charge in [0, 0.05) is 24.2 Å². The van der Waals surface area contributed by atoms with Crippen LogP contribution in [0.1, 0.15) is 12.0 Å². The Bertz CT molecular complexity index is 254. The van der Waals surface area contributed by atoms with E-state index in [1.165, 1.54) is 5.56 Å². The summed E-state index contributed by atoms with van der Waals surface area (Å²) < 4.78 is 0. The molecule has 0 unspecified atom stereocenters. The van der Waals surface area contributed by atoms with Gasteiger partial charge in [0.25, 0.3) is 0 Å². The predicted octanol–water partition coefficient (Wildman–Crippen LogP) is 1.87. The Hall–Kier alpha value is -0.570. The second kappa shape index (κ2) is 6.02. The predicted molar refractivity (Wildman–Crippen MR) is 57.4 cm³/mol. The highest BCUT2D eigenvalue weighted by molar-refractivity contribution is 6.30. The number of aryl methyl sites for hydroxylation is 1. The van der Waals surface area contributed by atoms with Crippen LogP contribution in [-0.2, 0) is 6.42 Å². The lowest BCUT2D eigenvalue weighted by molar-refractivity contribution is 0.144. The third kappa shape index (κ3) is 3.66. The highest BCUT2D eigenvalue weighted by atomic mass is 35.5. The van der Waals surface area contributed by atoms with Gasteiger partial charge in [-0.05, 0) is 30.5 Å². The van der Waals surface area contributed by atoms with Gasteiger partial charge in [-0.25, -0.2) is 0 Å². The van der Waals surface area contributed by atoms with Crippen LogP contribution in [0.2, 0.25) is 5.02 Å². The fourth-order valence-corrected chi connectivity index (χ4v) is 1.39. The molecule has 14 heavy (non-hydrogen) atoms. The van der Waals surface area contributed by atoms with Crippen LogP contribution in [0.15, 0.2) is 24.3 Å². The summed E-state index contributed by atoms with van der Waals surface area (Å²) in [6.07, 6.45) is 1.66. The number of aliphatic hydroxyl groups is 2. The molecule has 0 aliphatic heterocycles. The summed E-state index contributed by atoms with van der Waals surface area (Å²) >= 11 is 5.75. The Kier molecular flexibility index (Phi) is 4.94. The molecule has 0 aromatic heterocycles. The van der Waals surface area contributed by atoms with Crippen LogP contribution in [0.3, 0.4) is 0 Å². The number of hydrogen-bond acceptors (Lipinski definition) is 2. The van der Waals surface area contributed by atoms with Crippen molar-refractivity contribution >= 4 is 11.6 Å². The van der Waals surface area contributed by atoms with Gasteiger partial charge in [-0.15, -0.1) is 0 Å². The van der Waals surface area contributed by atoms with E-state index in [2.05, 4.69) is 0 Å². The summed E-state index contributed by atoms with van der Waals surface area (Å²) in [5, 5.41) is 18.5. The first-order valence-corrected chi connectivity index (χ1v) is 5.10. The zero-order chi connectivity index (χ0) is 10.4. The summed E-state index contributed by atoms with van der Waals surface area (Å²) in [6, 6.07) is 7.63. The van der Waals surface area contributed by atoms with Gasteiger partial charge in [0.1, 0.15) is 0 Å². The second-order valence-electron chi connectivity index (χ2n) is 3.40. The van der Waals surface area contributed by atoms with E-state index in [0.29, 0.717) is 0 Å². The fourth-order valence-electron chi connectivity index (χ4n) is 1.26. The number of benzene rings is 1. The van der Waals surface area contributed by atoms with Crippen molar-refractivity contribution in [1.82, 2.24) is 0 Å². The van der Waals surface area contributed by atoms with Crippen LogP contribution < -0.4 is 0 Å². The molecular formula is C11H15ClO2. The van der Waals surface area contributed by atoms with E-state index >= 15 is 0 Å². The van der Waals surface area contributed by atoms with Gasteiger partial charge in [-0.2, -0.15) is 0 Å². The van der Waals surface area contributed by atoms with Crippen molar-refractivity contribution in [2.75, 3.05) is 13.2 Å². The van der Waals surface area contributed by atoms with Gasteiger partial charge in [0.2, 0.25) is 0 Å². The van der Waals surface area contributed by atoms with E-state index in [9.17, 15) is 0 Å². The van der Waals surface area contributed by atoms with Gasteiger partial charge in [0.05, 0.1) is 0 Å². The molecule has 0 fully saturated rings. The smallest absolute Gasteiger partial charge is 0.0481 e. The third-order valence-electron chi connectivity index (χ3n) is 2.27. The number of aliphatic hydroxyl groups excluding tert-OH is 2. The van der Waals surface area contributed by atoms with E-state index in [1.807, 2.05) is 24.3 Å². The molecule has 0 amide bonds. The van der Waals surface area contributed by atoms with E-state index in [-0.39, 0.29) is 19.1 Å². The molecule has 0 saturated carbocycles. The molecule has 0 heterocycles. The maximum atomic E-state index is 8.87. The average molecular weight is 215 g/mol. The van der Waals surface area contributed by atoms with Gasteiger partial charge >= 0.3 is 0 Å². The lowest BCUT2D eigenvalue weighted by Gasteiger charge is -2.09. The van der Waals surface area contributed by atoms with Crippen molar-refractivity contribution < 1.29 is 10.2 Å². The van der Waals surface area contributed by atoms with Gasteiger partial charge in [-0.1, -0.05) is 23.7 Å². The van der Waals surface area contributed by atoms with Gasteiger partial charge in [0.15, 0.2) is 0 Å². The zero-order valence-electron chi connectivity index (χ0n) is 7.99. The minimum absolute atomic E-state index is 0.00863. The molecule has 1 rings (SSSR count). The second-order valence-corrected chi connectivity index (χ2v) is 3.83. The summed E-state index contributed by atoms with van der Waals surface area (Å²) in [5.41, 5.74) is 1.18. The first-order valence-electron chi connectivity index (χ1n) is 4.72. The van der Waals surface area contributed by atoms with Crippen molar-refractivity contribution in [3.05, 3.63) is 34.9 Å². The van der Waals surface area contributed by atoms with Crippen LogP contribution in [-0.4, -0.2) is 23.4 Å². The molecule has 3 heteroatoms. The van der Waals surface area contributed by atoms with Crippen LogP contribution in [0.4, 0.5) is 0 Å². The molecule has 0 aliphatic carbocycles. The lowest BCUT2D eigenvalue weighted by Crippen LogP contribution is -2.11. The number of hydrogen-bond donors (Lipinski definition) is 2. The van der Waals surface area contributed by atoms with Crippen LogP contribution >= 0.6 is 11.6 Å². The summed E-state index contributed by atoms with van der Waals surface area (Å²) in [6.45, 7) is 0.0914. The SMILES string of the molecule is OCC(CO)CCc1ccc(Cl)cc1. The monoisotopic (exact) mass is 214 g/mol. The van der Waals surface area contributed by atoms with Crippen LogP contribution in [0.25, 0.3) is 0 Å². The molecule has 78 valence electrons. The normalized spacial score (nSPS) is 10.9. The Morgan fingerprint density at radius 1 is 1.07 bits per heavy atom. The average Bonchev–Trinajstić information content (AvgIpc) is 2.22. The molecule has 0 bridgehead atoms. The first kappa shape index (κ1) is 11.5. The summed E-state index contributed by atoms with van der Waals surface area (Å²) in [5.74, 6) is -0.00863. The summed E-state index contributed by atoms with van der Waals surface area (Å²) in [7, 11) is 0. The molecule has 0 radical (unpaired) electrons. The molecule has 2 nitrogen and oxygen atoms in total. The van der Waals surface area contributed by atoms with E-state index < -0.39 is 0 Å². The highest BCUT2D eigenvalue weighted by Gasteiger charge is 2.05. The van der Waals surface area contributed by atoms with Crippen molar-refractivity contribution in [2.24, 2.45) is 5.92 Å². The van der Waals surface area contributed by atoms with Crippen molar-refractivity contribution in [2.45, 2.75) is 12.8 Å². The maximum absolute atomic E-state index is 8.87. The standard InChI is InChI=1S/C11H15ClO2/c12-11-5-3-9(4-6-11)1-2-10(7-13)8-14/h3-6,10,13-14H,1-2,7-8H2. The maximum Gasteiger partial charge on any atom is 0.0481 e. The molecule has 0 saturated heterocycles. The Labute approximate surface area is 89.1 Å².